The Morgan fingerprint density at radius 3 is 2.77 bits per heavy atom. The molecule has 2 aromatic rings. The summed E-state index contributed by atoms with van der Waals surface area (Å²) in [5.41, 5.74) is -0.0470. The molecule has 11 heteroatoms. The van der Waals surface area contributed by atoms with E-state index in [1.807, 2.05) is 0 Å². The van der Waals surface area contributed by atoms with Crippen molar-refractivity contribution in [2.75, 3.05) is 30.3 Å². The molecule has 3 N–H and O–H groups in total. The van der Waals surface area contributed by atoms with Crippen molar-refractivity contribution < 1.29 is 23.1 Å². The number of aromatic nitrogens is 2. The molecule has 1 fully saturated rings. The van der Waals surface area contributed by atoms with E-state index in [2.05, 4.69) is 20.6 Å². The van der Waals surface area contributed by atoms with Crippen LogP contribution in [0.25, 0.3) is 0 Å². The van der Waals surface area contributed by atoms with E-state index < -0.39 is 11.7 Å². The number of hydrogen-bond donors (Lipinski definition) is 3. The highest BCUT2D eigenvalue weighted by molar-refractivity contribution is 6.33. The molecule has 3 rings (SSSR count). The summed E-state index contributed by atoms with van der Waals surface area (Å²) < 4.78 is 40.1. The van der Waals surface area contributed by atoms with Crippen LogP contribution in [0.4, 0.5) is 30.6 Å². The summed E-state index contributed by atoms with van der Waals surface area (Å²) in [6.45, 7) is 1.16. The first kappa shape index (κ1) is 23.1. The van der Waals surface area contributed by atoms with E-state index in [1.165, 1.54) is 0 Å². The molecule has 0 aliphatic carbocycles. The fraction of sp³-hybridized carbons (Fsp3) is 0.450. The third kappa shape index (κ3) is 6.20. The van der Waals surface area contributed by atoms with Crippen LogP contribution in [0.5, 0.6) is 0 Å². The first-order chi connectivity index (χ1) is 14.8. The van der Waals surface area contributed by atoms with E-state index in [0.717, 1.165) is 12.8 Å². The number of rotatable bonds is 8. The van der Waals surface area contributed by atoms with Crippen molar-refractivity contribution in [2.24, 2.45) is 0 Å². The van der Waals surface area contributed by atoms with E-state index in [1.54, 1.807) is 23.1 Å². The number of nitrogens with zero attached hydrogens (tertiary/aromatic N) is 3. The average Bonchev–Trinajstić information content (AvgIpc) is 2.73. The second-order valence-corrected chi connectivity index (χ2v) is 7.58. The topological polar surface area (TPSA) is 90.4 Å². The summed E-state index contributed by atoms with van der Waals surface area (Å²) >= 11 is 6.11. The van der Waals surface area contributed by atoms with Gasteiger partial charge in [-0.05, 0) is 37.0 Å². The second-order valence-electron chi connectivity index (χ2n) is 7.17. The molecule has 1 aliphatic heterocycles. The number of halogens is 4. The molecular formula is C20H23ClF3N5O2. The molecule has 1 amide bonds. The van der Waals surface area contributed by atoms with Gasteiger partial charge in [-0.25, -0.2) is 4.98 Å². The van der Waals surface area contributed by atoms with Gasteiger partial charge in [-0.2, -0.15) is 18.2 Å². The lowest BCUT2D eigenvalue weighted by molar-refractivity contribution is -0.137. The lowest BCUT2D eigenvalue weighted by atomic mass is 10.1. The van der Waals surface area contributed by atoms with Gasteiger partial charge >= 0.3 is 6.18 Å². The van der Waals surface area contributed by atoms with Gasteiger partial charge in [0.05, 0.1) is 17.3 Å². The average molecular weight is 458 g/mol. The molecule has 2 heterocycles. The Hall–Kier alpha value is -2.59. The zero-order chi connectivity index (χ0) is 22.4. The van der Waals surface area contributed by atoms with E-state index >= 15 is 0 Å². The van der Waals surface area contributed by atoms with E-state index in [-0.39, 0.29) is 30.8 Å². The minimum Gasteiger partial charge on any atom is -0.392 e. The molecule has 0 spiro atoms. The van der Waals surface area contributed by atoms with E-state index in [4.69, 9.17) is 11.6 Å². The van der Waals surface area contributed by atoms with Gasteiger partial charge < -0.3 is 20.6 Å². The number of carbonyl (C=O) groups excluding carboxylic acids is 1. The van der Waals surface area contributed by atoms with Crippen LogP contribution < -0.4 is 10.6 Å². The molecule has 31 heavy (non-hydrogen) atoms. The fourth-order valence-corrected chi connectivity index (χ4v) is 3.41. The van der Waals surface area contributed by atoms with Crippen molar-refractivity contribution in [2.45, 2.75) is 38.5 Å². The van der Waals surface area contributed by atoms with Crippen LogP contribution in [-0.2, 0) is 17.6 Å². The summed E-state index contributed by atoms with van der Waals surface area (Å²) in [6, 6.07) is 4.74. The number of nitrogens with one attached hydrogen (secondary N) is 2. The van der Waals surface area contributed by atoms with Crippen LogP contribution >= 0.6 is 11.6 Å². The summed E-state index contributed by atoms with van der Waals surface area (Å²) in [6.07, 6.45) is -1.09. The first-order valence-corrected chi connectivity index (χ1v) is 10.3. The number of benzene rings is 1. The number of alkyl halides is 3. The highest BCUT2D eigenvalue weighted by Crippen LogP contribution is 2.34. The lowest BCUT2D eigenvalue weighted by Gasteiger charge is -2.26. The molecule has 0 bridgehead atoms. The molecule has 0 radical (unpaired) electrons. The van der Waals surface area contributed by atoms with Crippen molar-refractivity contribution >= 4 is 35.0 Å². The Labute approximate surface area is 182 Å². The molecule has 168 valence electrons. The predicted octanol–water partition coefficient (Wildman–Crippen LogP) is 4.20. The maximum absolute atomic E-state index is 13.4. The van der Waals surface area contributed by atoms with Gasteiger partial charge in [0.2, 0.25) is 11.9 Å². The molecule has 7 nitrogen and oxygen atoms in total. The summed E-state index contributed by atoms with van der Waals surface area (Å²) in [5, 5.41) is 15.1. The summed E-state index contributed by atoms with van der Waals surface area (Å²) in [7, 11) is 0. The Balaban J connectivity index is 1.71. The van der Waals surface area contributed by atoms with Gasteiger partial charge in [0.25, 0.3) is 0 Å². The predicted molar refractivity (Wildman–Crippen MR) is 111 cm³/mol. The Bertz CT molecular complexity index is 926. The van der Waals surface area contributed by atoms with Crippen LogP contribution in [0.1, 0.15) is 36.8 Å². The zero-order valence-corrected chi connectivity index (χ0v) is 17.4. The molecule has 1 aromatic heterocycles. The molecule has 0 atom stereocenters. The van der Waals surface area contributed by atoms with Crippen molar-refractivity contribution in [3.63, 3.8) is 0 Å². The van der Waals surface area contributed by atoms with Crippen molar-refractivity contribution in [3.05, 3.63) is 40.5 Å². The quantitative estimate of drug-likeness (QED) is 0.515. The number of carbonyl (C=O) groups is 1. The number of likely N-dealkylation sites (tertiary alicyclic amines) is 1. The highest BCUT2D eigenvalue weighted by atomic mass is 35.5. The number of hydrogen-bond acceptors (Lipinski definition) is 6. The molecule has 1 aromatic carbocycles. The van der Waals surface area contributed by atoms with Crippen molar-refractivity contribution in [1.29, 1.82) is 0 Å². The lowest BCUT2D eigenvalue weighted by Crippen LogP contribution is -2.36. The zero-order valence-electron chi connectivity index (χ0n) is 16.7. The van der Waals surface area contributed by atoms with Gasteiger partial charge in [0.1, 0.15) is 11.4 Å². The molecule has 1 aliphatic rings. The van der Waals surface area contributed by atoms with Crippen molar-refractivity contribution in [1.82, 2.24) is 14.9 Å². The van der Waals surface area contributed by atoms with Gasteiger partial charge in [-0.1, -0.05) is 17.7 Å². The number of amides is 1. The normalized spacial score (nSPS) is 14.6. The molecule has 0 saturated carbocycles. The number of aliphatic hydroxyl groups excluding tert-OH is 1. The Kier molecular flexibility index (Phi) is 7.55. The van der Waals surface area contributed by atoms with Gasteiger partial charge in [-0.15, -0.1) is 0 Å². The SMILES string of the molecule is O=C1CCCCN1CCCNc1nc(Nc2cc(CO)ccc2Cl)ncc1C(F)(F)F. The maximum atomic E-state index is 13.4. The fourth-order valence-electron chi connectivity index (χ4n) is 3.25. The van der Waals surface area contributed by atoms with Crippen LogP contribution in [0.15, 0.2) is 24.4 Å². The van der Waals surface area contributed by atoms with Gasteiger partial charge in [-0.3, -0.25) is 4.79 Å². The van der Waals surface area contributed by atoms with Gasteiger partial charge in [0.15, 0.2) is 0 Å². The highest BCUT2D eigenvalue weighted by Gasteiger charge is 2.35. The Morgan fingerprint density at radius 1 is 1.26 bits per heavy atom. The Morgan fingerprint density at radius 2 is 2.06 bits per heavy atom. The monoisotopic (exact) mass is 457 g/mol. The van der Waals surface area contributed by atoms with Crippen LogP contribution in [0, 0.1) is 0 Å². The standard InChI is InChI=1S/C20H23ClF3N5O2/c21-15-6-5-13(12-30)10-16(15)27-19-26-11-14(20(22,23)24)18(28-19)25-7-3-9-29-8-2-1-4-17(29)31/h5-6,10-11,30H,1-4,7-9,12H2,(H2,25,26,27,28). The first-order valence-electron chi connectivity index (χ1n) is 9.90. The van der Waals surface area contributed by atoms with Crippen LogP contribution in [0.2, 0.25) is 5.02 Å². The van der Waals surface area contributed by atoms with E-state index in [9.17, 15) is 23.1 Å². The van der Waals surface area contributed by atoms with E-state index in [0.29, 0.717) is 48.4 Å². The largest absolute Gasteiger partial charge is 0.421 e. The summed E-state index contributed by atoms with van der Waals surface area (Å²) in [4.78, 5) is 21.3. The number of piperidine rings is 1. The molecular weight excluding hydrogens is 435 g/mol. The molecule has 0 unspecified atom stereocenters. The number of aliphatic hydroxyl groups is 1. The van der Waals surface area contributed by atoms with Gasteiger partial charge in [0, 0.05) is 32.3 Å². The van der Waals surface area contributed by atoms with Crippen LogP contribution in [0.3, 0.4) is 0 Å². The number of anilines is 3. The smallest absolute Gasteiger partial charge is 0.392 e. The third-order valence-corrected chi connectivity index (χ3v) is 5.20. The third-order valence-electron chi connectivity index (χ3n) is 4.87. The van der Waals surface area contributed by atoms with Crippen LogP contribution in [-0.4, -0.2) is 45.5 Å². The second kappa shape index (κ2) is 10.1. The minimum atomic E-state index is -4.63. The van der Waals surface area contributed by atoms with Crippen molar-refractivity contribution in [3.8, 4) is 0 Å². The minimum absolute atomic E-state index is 0.0706. The molecule has 1 saturated heterocycles. The maximum Gasteiger partial charge on any atom is 0.421 e. The summed E-state index contributed by atoms with van der Waals surface area (Å²) in [5.74, 6) is -0.346.